The molecule has 0 aromatic heterocycles. The van der Waals surface area contributed by atoms with Gasteiger partial charge in [0.15, 0.2) is 5.11 Å². The van der Waals surface area contributed by atoms with Crippen LogP contribution in [0.25, 0.3) is 0 Å². The van der Waals surface area contributed by atoms with Crippen molar-refractivity contribution in [2.75, 3.05) is 10.6 Å². The Labute approximate surface area is 165 Å². The van der Waals surface area contributed by atoms with Crippen LogP contribution in [0.15, 0.2) is 48.5 Å². The van der Waals surface area contributed by atoms with Crippen LogP contribution in [-0.2, 0) is 4.79 Å². The van der Waals surface area contributed by atoms with Crippen molar-refractivity contribution in [3.05, 3.63) is 59.7 Å². The number of benzene rings is 2. The van der Waals surface area contributed by atoms with Crippen LogP contribution in [-0.4, -0.2) is 16.9 Å². The van der Waals surface area contributed by atoms with Gasteiger partial charge in [0.1, 0.15) is 0 Å². The maximum atomic E-state index is 12.3. The molecule has 0 aliphatic rings. The van der Waals surface area contributed by atoms with E-state index in [-0.39, 0.29) is 16.9 Å². The van der Waals surface area contributed by atoms with Gasteiger partial charge < -0.3 is 16.0 Å². The third kappa shape index (κ3) is 6.83. The first-order chi connectivity index (χ1) is 13.0. The summed E-state index contributed by atoms with van der Waals surface area (Å²) in [6.07, 6.45) is 3.44. The van der Waals surface area contributed by atoms with Crippen LogP contribution in [0.2, 0.25) is 0 Å². The van der Waals surface area contributed by atoms with Crippen molar-refractivity contribution >= 4 is 40.5 Å². The Morgan fingerprint density at radius 2 is 1.56 bits per heavy atom. The third-order valence-electron chi connectivity index (χ3n) is 4.05. The fourth-order valence-electron chi connectivity index (χ4n) is 2.55. The van der Waals surface area contributed by atoms with Crippen molar-refractivity contribution in [2.45, 2.75) is 39.5 Å². The molecule has 0 radical (unpaired) electrons. The Morgan fingerprint density at radius 1 is 0.926 bits per heavy atom. The van der Waals surface area contributed by atoms with E-state index in [1.165, 1.54) is 0 Å². The lowest BCUT2D eigenvalue weighted by molar-refractivity contribution is -0.119. The Balaban J connectivity index is 1.86. The van der Waals surface area contributed by atoms with Gasteiger partial charge in [0.05, 0.1) is 0 Å². The van der Waals surface area contributed by atoms with Crippen LogP contribution in [0.3, 0.4) is 0 Å². The zero-order chi connectivity index (χ0) is 19.6. The summed E-state index contributed by atoms with van der Waals surface area (Å²) in [6.45, 7) is 4.00. The van der Waals surface area contributed by atoms with E-state index in [0.29, 0.717) is 17.7 Å². The van der Waals surface area contributed by atoms with Crippen molar-refractivity contribution in [1.29, 1.82) is 0 Å². The number of carbonyl (C=O) groups excluding carboxylic acids is 2. The Hall–Kier alpha value is -2.73. The lowest BCUT2D eigenvalue weighted by atomic mass is 10.1. The van der Waals surface area contributed by atoms with E-state index >= 15 is 0 Å². The molecule has 2 aromatic carbocycles. The number of unbranched alkanes of at least 4 members (excludes halogenated alkanes) is 2. The van der Waals surface area contributed by atoms with Gasteiger partial charge in [-0.15, -0.1) is 0 Å². The molecule has 2 aromatic rings. The van der Waals surface area contributed by atoms with Gasteiger partial charge in [0.2, 0.25) is 5.91 Å². The van der Waals surface area contributed by atoms with E-state index in [9.17, 15) is 9.59 Å². The maximum absolute atomic E-state index is 12.3. The number of hydrogen-bond donors (Lipinski definition) is 3. The summed E-state index contributed by atoms with van der Waals surface area (Å²) < 4.78 is 0. The first-order valence-corrected chi connectivity index (χ1v) is 9.48. The first kappa shape index (κ1) is 20.6. The van der Waals surface area contributed by atoms with Crippen molar-refractivity contribution < 1.29 is 9.59 Å². The molecular weight excluding hydrogens is 358 g/mol. The normalized spacial score (nSPS) is 10.1. The molecule has 0 aliphatic heterocycles. The standard InChI is InChI=1S/C21H25N3O2S/c1-3-4-5-10-19(25)24-21(27)23-17-13-11-16(12-14-17)22-20(26)18-9-7-6-8-15(18)2/h6-9,11-14H,3-5,10H2,1-2H3,(H,22,26)(H2,23,24,25,27). The molecule has 2 rings (SSSR count). The molecular formula is C21H25N3O2S. The lowest BCUT2D eigenvalue weighted by Gasteiger charge is -2.11. The molecule has 3 N–H and O–H groups in total. The van der Waals surface area contributed by atoms with E-state index in [0.717, 1.165) is 30.5 Å². The third-order valence-corrected chi connectivity index (χ3v) is 4.25. The molecule has 0 atom stereocenters. The number of carbonyl (C=O) groups is 2. The molecule has 0 aliphatic carbocycles. The number of anilines is 2. The van der Waals surface area contributed by atoms with E-state index in [1.807, 2.05) is 25.1 Å². The average Bonchev–Trinajstić information content (AvgIpc) is 2.63. The molecule has 27 heavy (non-hydrogen) atoms. The Kier molecular flexibility index (Phi) is 7.95. The molecule has 2 amide bonds. The lowest BCUT2D eigenvalue weighted by Crippen LogP contribution is -2.33. The molecule has 0 bridgehead atoms. The van der Waals surface area contributed by atoms with Crippen LogP contribution < -0.4 is 16.0 Å². The van der Waals surface area contributed by atoms with Crippen LogP contribution >= 0.6 is 12.2 Å². The maximum Gasteiger partial charge on any atom is 0.255 e. The van der Waals surface area contributed by atoms with Gasteiger partial charge >= 0.3 is 0 Å². The van der Waals surface area contributed by atoms with Gasteiger partial charge in [0, 0.05) is 23.4 Å². The van der Waals surface area contributed by atoms with Crippen LogP contribution in [0.1, 0.15) is 48.5 Å². The number of thiocarbonyl (C=S) groups is 1. The number of nitrogens with one attached hydrogen (secondary N) is 3. The SMILES string of the molecule is CCCCCC(=O)NC(=S)Nc1ccc(NC(=O)c2ccccc2C)cc1. The van der Waals surface area contributed by atoms with Gasteiger partial charge in [-0.2, -0.15) is 0 Å². The molecule has 142 valence electrons. The summed E-state index contributed by atoms with van der Waals surface area (Å²) in [5, 5.41) is 8.79. The molecule has 5 nitrogen and oxygen atoms in total. The van der Waals surface area contributed by atoms with E-state index in [1.54, 1.807) is 30.3 Å². The highest BCUT2D eigenvalue weighted by molar-refractivity contribution is 7.80. The summed E-state index contributed by atoms with van der Waals surface area (Å²) in [5.74, 6) is -0.230. The molecule has 0 spiro atoms. The summed E-state index contributed by atoms with van der Waals surface area (Å²) in [7, 11) is 0. The molecule has 0 saturated carbocycles. The predicted molar refractivity (Wildman–Crippen MR) is 114 cm³/mol. The summed E-state index contributed by atoms with van der Waals surface area (Å²) in [6, 6.07) is 14.6. The summed E-state index contributed by atoms with van der Waals surface area (Å²) >= 11 is 5.16. The Bertz CT molecular complexity index is 803. The second-order valence-electron chi connectivity index (χ2n) is 6.31. The molecule has 0 fully saturated rings. The van der Waals surface area contributed by atoms with Gasteiger partial charge in [-0.05, 0) is 61.5 Å². The highest BCUT2D eigenvalue weighted by Gasteiger charge is 2.09. The molecule has 0 heterocycles. The predicted octanol–water partition coefficient (Wildman–Crippen LogP) is 4.64. The highest BCUT2D eigenvalue weighted by atomic mass is 32.1. The van der Waals surface area contributed by atoms with Gasteiger partial charge in [-0.1, -0.05) is 38.0 Å². The van der Waals surface area contributed by atoms with Crippen molar-refractivity contribution in [3.63, 3.8) is 0 Å². The molecule has 0 saturated heterocycles. The monoisotopic (exact) mass is 383 g/mol. The van der Waals surface area contributed by atoms with Crippen molar-refractivity contribution in [1.82, 2.24) is 5.32 Å². The minimum absolute atomic E-state index is 0.0805. The zero-order valence-corrected chi connectivity index (χ0v) is 16.5. The van der Waals surface area contributed by atoms with Crippen LogP contribution in [0.4, 0.5) is 11.4 Å². The second kappa shape index (κ2) is 10.4. The van der Waals surface area contributed by atoms with Crippen LogP contribution in [0, 0.1) is 6.92 Å². The van der Waals surface area contributed by atoms with Crippen molar-refractivity contribution in [3.8, 4) is 0 Å². The second-order valence-corrected chi connectivity index (χ2v) is 6.71. The smallest absolute Gasteiger partial charge is 0.255 e. The molecule has 6 heteroatoms. The minimum Gasteiger partial charge on any atom is -0.332 e. The number of aryl methyl sites for hydroxylation is 1. The topological polar surface area (TPSA) is 70.2 Å². The van der Waals surface area contributed by atoms with E-state index < -0.39 is 0 Å². The van der Waals surface area contributed by atoms with E-state index in [2.05, 4.69) is 22.9 Å². The minimum atomic E-state index is -0.149. The largest absolute Gasteiger partial charge is 0.332 e. The summed E-state index contributed by atoms with van der Waals surface area (Å²) in [5.41, 5.74) is 2.99. The fraction of sp³-hybridized carbons (Fsp3) is 0.286. The first-order valence-electron chi connectivity index (χ1n) is 9.07. The van der Waals surface area contributed by atoms with Gasteiger partial charge in [0.25, 0.3) is 5.91 Å². The average molecular weight is 384 g/mol. The van der Waals surface area contributed by atoms with Gasteiger partial charge in [-0.3, -0.25) is 9.59 Å². The highest BCUT2D eigenvalue weighted by Crippen LogP contribution is 2.16. The summed E-state index contributed by atoms with van der Waals surface area (Å²) in [4.78, 5) is 24.1. The number of hydrogen-bond acceptors (Lipinski definition) is 3. The fourth-order valence-corrected chi connectivity index (χ4v) is 2.78. The zero-order valence-electron chi connectivity index (χ0n) is 15.7. The van der Waals surface area contributed by atoms with Gasteiger partial charge in [-0.25, -0.2) is 0 Å². The van der Waals surface area contributed by atoms with Crippen LogP contribution in [0.5, 0.6) is 0 Å². The number of amides is 2. The quantitative estimate of drug-likeness (QED) is 0.481. The number of rotatable bonds is 7. The Morgan fingerprint density at radius 3 is 2.19 bits per heavy atom. The van der Waals surface area contributed by atoms with Crippen molar-refractivity contribution in [2.24, 2.45) is 0 Å². The van der Waals surface area contributed by atoms with E-state index in [4.69, 9.17) is 12.2 Å². The molecule has 0 unspecified atom stereocenters.